The maximum Gasteiger partial charge on any atom is 0.319 e. The number of furan rings is 1. The van der Waals surface area contributed by atoms with Crippen LogP contribution in [0.1, 0.15) is 18.4 Å². The zero-order valence-corrected chi connectivity index (χ0v) is 9.78. The minimum absolute atomic E-state index is 0.00607. The summed E-state index contributed by atoms with van der Waals surface area (Å²) >= 11 is 0. The monoisotopic (exact) mass is 210 g/mol. The molecule has 0 atom stereocenters. The lowest BCUT2D eigenvalue weighted by Crippen LogP contribution is -2.38. The van der Waals surface area contributed by atoms with Crippen molar-refractivity contribution in [1.82, 2.24) is 9.80 Å². The zero-order chi connectivity index (χ0) is 11.4. The molecule has 0 saturated carbocycles. The van der Waals surface area contributed by atoms with Gasteiger partial charge in [0.15, 0.2) is 0 Å². The molecule has 0 N–H and O–H groups in total. The van der Waals surface area contributed by atoms with Gasteiger partial charge in [0.05, 0.1) is 6.54 Å². The normalized spacial score (nSPS) is 10.1. The molecule has 1 aromatic heterocycles. The predicted molar refractivity (Wildman–Crippen MR) is 58.6 cm³/mol. The molecule has 15 heavy (non-hydrogen) atoms. The van der Waals surface area contributed by atoms with Gasteiger partial charge in [-0.25, -0.2) is 4.79 Å². The van der Waals surface area contributed by atoms with Crippen LogP contribution in [0.2, 0.25) is 0 Å². The Labute approximate surface area is 90.5 Å². The van der Waals surface area contributed by atoms with Crippen molar-refractivity contribution in [3.05, 3.63) is 23.7 Å². The molecule has 0 saturated heterocycles. The van der Waals surface area contributed by atoms with Crippen LogP contribution in [-0.4, -0.2) is 36.5 Å². The van der Waals surface area contributed by atoms with Gasteiger partial charge >= 0.3 is 6.03 Å². The summed E-state index contributed by atoms with van der Waals surface area (Å²) in [6.07, 6.45) is 0. The van der Waals surface area contributed by atoms with Crippen LogP contribution in [-0.2, 0) is 6.54 Å². The lowest BCUT2D eigenvalue weighted by molar-refractivity contribution is 0.170. The molecular weight excluding hydrogens is 192 g/mol. The number of urea groups is 1. The van der Waals surface area contributed by atoms with Crippen LogP contribution in [0.3, 0.4) is 0 Å². The Morgan fingerprint density at radius 1 is 1.33 bits per heavy atom. The third-order valence-electron chi connectivity index (χ3n) is 2.32. The number of hydrogen-bond acceptors (Lipinski definition) is 2. The van der Waals surface area contributed by atoms with Gasteiger partial charge < -0.3 is 14.2 Å². The number of aryl methyl sites for hydroxylation is 1. The highest BCUT2D eigenvalue weighted by molar-refractivity contribution is 5.73. The number of carbonyl (C=O) groups is 1. The first kappa shape index (κ1) is 11.6. The van der Waals surface area contributed by atoms with Crippen LogP contribution in [0.15, 0.2) is 16.5 Å². The smallest absolute Gasteiger partial charge is 0.319 e. The van der Waals surface area contributed by atoms with Gasteiger partial charge in [-0.15, -0.1) is 0 Å². The molecule has 0 aliphatic rings. The fourth-order valence-corrected chi connectivity index (χ4v) is 1.30. The Bertz CT molecular complexity index is 333. The molecule has 2 amide bonds. The Hall–Kier alpha value is -1.45. The molecule has 0 aromatic carbocycles. The number of amides is 2. The SMILES string of the molecule is CCN(C)C(=O)N(C)Cc1ccc(C)o1. The van der Waals surface area contributed by atoms with E-state index >= 15 is 0 Å². The maximum absolute atomic E-state index is 11.7. The van der Waals surface area contributed by atoms with Gasteiger partial charge in [0.2, 0.25) is 0 Å². The largest absolute Gasteiger partial charge is 0.464 e. The summed E-state index contributed by atoms with van der Waals surface area (Å²) < 4.78 is 5.41. The lowest BCUT2D eigenvalue weighted by atomic mass is 10.4. The summed E-state index contributed by atoms with van der Waals surface area (Å²) in [6, 6.07) is 3.80. The van der Waals surface area contributed by atoms with E-state index in [1.54, 1.807) is 23.9 Å². The van der Waals surface area contributed by atoms with Gasteiger partial charge in [-0.05, 0) is 26.0 Å². The summed E-state index contributed by atoms with van der Waals surface area (Å²) in [5.74, 6) is 1.68. The fourth-order valence-electron chi connectivity index (χ4n) is 1.30. The third-order valence-corrected chi connectivity index (χ3v) is 2.32. The second kappa shape index (κ2) is 4.87. The van der Waals surface area contributed by atoms with E-state index in [0.717, 1.165) is 11.5 Å². The molecule has 1 aromatic rings. The highest BCUT2D eigenvalue weighted by Crippen LogP contribution is 2.09. The number of nitrogens with zero attached hydrogens (tertiary/aromatic N) is 2. The first-order chi connectivity index (χ1) is 7.04. The van der Waals surface area contributed by atoms with Crippen molar-refractivity contribution < 1.29 is 9.21 Å². The molecule has 4 nitrogen and oxygen atoms in total. The lowest BCUT2D eigenvalue weighted by Gasteiger charge is -2.22. The number of rotatable bonds is 3. The summed E-state index contributed by atoms with van der Waals surface area (Å²) in [6.45, 7) is 5.06. The van der Waals surface area contributed by atoms with Crippen LogP contribution >= 0.6 is 0 Å². The van der Waals surface area contributed by atoms with Gasteiger partial charge in [0.25, 0.3) is 0 Å². The minimum atomic E-state index is 0.00607. The van der Waals surface area contributed by atoms with Crippen LogP contribution in [0.4, 0.5) is 4.79 Å². The quantitative estimate of drug-likeness (QED) is 0.766. The molecule has 0 fully saturated rings. The molecule has 1 rings (SSSR count). The molecule has 0 unspecified atom stereocenters. The van der Waals surface area contributed by atoms with E-state index in [4.69, 9.17) is 4.42 Å². The standard InChI is InChI=1S/C11H18N2O2/c1-5-12(3)11(14)13(4)8-10-7-6-9(2)15-10/h6-7H,5,8H2,1-4H3. The first-order valence-corrected chi connectivity index (χ1v) is 5.06. The molecular formula is C11H18N2O2. The van der Waals surface area contributed by atoms with Gasteiger partial charge in [-0.3, -0.25) is 0 Å². The Morgan fingerprint density at radius 3 is 2.47 bits per heavy atom. The van der Waals surface area contributed by atoms with E-state index in [0.29, 0.717) is 13.1 Å². The third kappa shape index (κ3) is 3.01. The Morgan fingerprint density at radius 2 is 2.00 bits per heavy atom. The molecule has 0 bridgehead atoms. The van der Waals surface area contributed by atoms with Crippen molar-refractivity contribution in [3.63, 3.8) is 0 Å². The van der Waals surface area contributed by atoms with E-state index < -0.39 is 0 Å². The van der Waals surface area contributed by atoms with Crippen LogP contribution < -0.4 is 0 Å². The molecule has 4 heteroatoms. The first-order valence-electron chi connectivity index (χ1n) is 5.06. The average molecular weight is 210 g/mol. The number of carbonyl (C=O) groups excluding carboxylic acids is 1. The maximum atomic E-state index is 11.7. The highest BCUT2D eigenvalue weighted by Gasteiger charge is 2.13. The second-order valence-corrected chi connectivity index (χ2v) is 3.67. The van der Waals surface area contributed by atoms with E-state index in [1.807, 2.05) is 26.0 Å². The van der Waals surface area contributed by atoms with Gasteiger partial charge in [-0.2, -0.15) is 0 Å². The second-order valence-electron chi connectivity index (χ2n) is 3.67. The van der Waals surface area contributed by atoms with Crippen molar-refractivity contribution >= 4 is 6.03 Å². The van der Waals surface area contributed by atoms with Crippen LogP contribution in [0.25, 0.3) is 0 Å². The van der Waals surface area contributed by atoms with Crippen molar-refractivity contribution in [2.45, 2.75) is 20.4 Å². The fraction of sp³-hybridized carbons (Fsp3) is 0.545. The molecule has 0 radical (unpaired) electrons. The van der Waals surface area contributed by atoms with Gasteiger partial charge in [0, 0.05) is 20.6 Å². The Kier molecular flexibility index (Phi) is 3.77. The van der Waals surface area contributed by atoms with E-state index in [2.05, 4.69) is 0 Å². The molecule has 0 aliphatic heterocycles. The van der Waals surface area contributed by atoms with E-state index in [1.165, 1.54) is 0 Å². The summed E-state index contributed by atoms with van der Waals surface area (Å²) in [7, 11) is 3.55. The highest BCUT2D eigenvalue weighted by atomic mass is 16.3. The van der Waals surface area contributed by atoms with E-state index in [9.17, 15) is 4.79 Å². The molecule has 0 spiro atoms. The zero-order valence-electron chi connectivity index (χ0n) is 9.78. The van der Waals surface area contributed by atoms with Crippen LogP contribution in [0, 0.1) is 6.92 Å². The molecule has 84 valence electrons. The summed E-state index contributed by atoms with van der Waals surface area (Å²) in [4.78, 5) is 15.0. The van der Waals surface area contributed by atoms with Gasteiger partial charge in [-0.1, -0.05) is 0 Å². The van der Waals surface area contributed by atoms with Crippen LogP contribution in [0.5, 0.6) is 0 Å². The van der Waals surface area contributed by atoms with Crippen molar-refractivity contribution in [1.29, 1.82) is 0 Å². The summed E-state index contributed by atoms with van der Waals surface area (Å²) in [5, 5.41) is 0. The van der Waals surface area contributed by atoms with Gasteiger partial charge in [0.1, 0.15) is 11.5 Å². The average Bonchev–Trinajstić information content (AvgIpc) is 2.61. The molecule has 0 aliphatic carbocycles. The minimum Gasteiger partial charge on any atom is -0.464 e. The topological polar surface area (TPSA) is 36.7 Å². The van der Waals surface area contributed by atoms with Crippen molar-refractivity contribution in [2.24, 2.45) is 0 Å². The predicted octanol–water partition coefficient (Wildman–Crippen LogP) is 2.09. The molecule has 1 heterocycles. The Balaban J connectivity index is 2.55. The summed E-state index contributed by atoms with van der Waals surface area (Å²) in [5.41, 5.74) is 0. The van der Waals surface area contributed by atoms with E-state index in [-0.39, 0.29) is 6.03 Å². The van der Waals surface area contributed by atoms with Crippen molar-refractivity contribution in [3.8, 4) is 0 Å². The van der Waals surface area contributed by atoms with Crippen molar-refractivity contribution in [2.75, 3.05) is 20.6 Å². The number of hydrogen-bond donors (Lipinski definition) is 0.